The summed E-state index contributed by atoms with van der Waals surface area (Å²) in [7, 11) is 1.96. The first-order valence-electron chi connectivity index (χ1n) is 10.1. The van der Waals surface area contributed by atoms with Crippen LogP contribution in [0, 0.1) is 0 Å². The van der Waals surface area contributed by atoms with Crippen molar-refractivity contribution in [3.8, 4) is 16.9 Å². The third kappa shape index (κ3) is 3.59. The Bertz CT molecular complexity index is 1370. The maximum atomic E-state index is 12.8. The normalized spacial score (nSPS) is 11.0. The molecule has 0 spiro atoms. The van der Waals surface area contributed by atoms with Crippen LogP contribution in [0.15, 0.2) is 91.1 Å². The van der Waals surface area contributed by atoms with E-state index in [-0.39, 0.29) is 5.91 Å². The fourth-order valence-electron chi connectivity index (χ4n) is 3.73. The molecular weight excluding hydrogens is 386 g/mol. The number of para-hydroxylation sites is 2. The summed E-state index contributed by atoms with van der Waals surface area (Å²) < 4.78 is 3.85. The van der Waals surface area contributed by atoms with E-state index in [0.29, 0.717) is 12.1 Å². The molecular formula is C25H21N5O. The van der Waals surface area contributed by atoms with Crippen LogP contribution in [0.3, 0.4) is 0 Å². The monoisotopic (exact) mass is 407 g/mol. The zero-order chi connectivity index (χ0) is 21.2. The van der Waals surface area contributed by atoms with Gasteiger partial charge in [0.15, 0.2) is 0 Å². The highest BCUT2D eigenvalue weighted by Crippen LogP contribution is 2.22. The number of fused-ring (bicyclic) bond motifs is 1. The van der Waals surface area contributed by atoms with E-state index in [2.05, 4.69) is 15.4 Å². The third-order valence-electron chi connectivity index (χ3n) is 5.35. The van der Waals surface area contributed by atoms with Crippen molar-refractivity contribution in [3.05, 3.63) is 103 Å². The molecule has 0 saturated carbocycles. The zero-order valence-electron chi connectivity index (χ0n) is 17.1. The van der Waals surface area contributed by atoms with Gasteiger partial charge in [-0.15, -0.1) is 0 Å². The lowest BCUT2D eigenvalue weighted by atomic mass is 10.1. The second-order valence-corrected chi connectivity index (χ2v) is 7.30. The zero-order valence-corrected chi connectivity index (χ0v) is 17.1. The van der Waals surface area contributed by atoms with Gasteiger partial charge < -0.3 is 9.88 Å². The quantitative estimate of drug-likeness (QED) is 0.471. The van der Waals surface area contributed by atoms with E-state index in [1.807, 2.05) is 95.2 Å². The lowest BCUT2D eigenvalue weighted by Crippen LogP contribution is -2.24. The molecule has 1 N–H and O–H groups in total. The molecule has 0 bridgehead atoms. The molecule has 5 rings (SSSR count). The smallest absolute Gasteiger partial charge is 0.251 e. The molecule has 6 nitrogen and oxygen atoms in total. The summed E-state index contributed by atoms with van der Waals surface area (Å²) in [6.45, 7) is 0.352. The van der Waals surface area contributed by atoms with E-state index in [9.17, 15) is 4.79 Å². The molecule has 6 heteroatoms. The molecule has 0 atom stereocenters. The van der Waals surface area contributed by atoms with Crippen molar-refractivity contribution in [3.63, 3.8) is 0 Å². The highest BCUT2D eigenvalue weighted by Gasteiger charge is 2.12. The summed E-state index contributed by atoms with van der Waals surface area (Å²) in [4.78, 5) is 17.5. The van der Waals surface area contributed by atoms with Gasteiger partial charge in [-0.05, 0) is 36.4 Å². The average Bonchev–Trinajstić information content (AvgIpc) is 3.43. The van der Waals surface area contributed by atoms with E-state index in [1.165, 1.54) is 0 Å². The van der Waals surface area contributed by atoms with Crippen molar-refractivity contribution < 1.29 is 4.79 Å². The number of hydrogen-bond acceptors (Lipinski definition) is 3. The van der Waals surface area contributed by atoms with E-state index in [1.54, 1.807) is 12.3 Å². The Kier molecular flexibility index (Phi) is 4.80. The minimum atomic E-state index is -0.151. The Labute approximate surface area is 179 Å². The van der Waals surface area contributed by atoms with Crippen LogP contribution in [0.1, 0.15) is 16.2 Å². The molecule has 31 heavy (non-hydrogen) atoms. The van der Waals surface area contributed by atoms with Gasteiger partial charge in [-0.2, -0.15) is 5.10 Å². The number of imidazole rings is 1. The second-order valence-electron chi connectivity index (χ2n) is 7.30. The maximum absolute atomic E-state index is 12.8. The van der Waals surface area contributed by atoms with Crippen LogP contribution in [0.25, 0.3) is 28.0 Å². The minimum Gasteiger partial charge on any atom is -0.345 e. The minimum absolute atomic E-state index is 0.151. The first-order valence-corrected chi connectivity index (χ1v) is 10.1. The van der Waals surface area contributed by atoms with Crippen molar-refractivity contribution in [2.45, 2.75) is 6.54 Å². The van der Waals surface area contributed by atoms with Crippen LogP contribution < -0.4 is 5.32 Å². The summed E-state index contributed by atoms with van der Waals surface area (Å²) in [5.41, 5.74) is 5.41. The number of rotatable bonds is 5. The molecule has 152 valence electrons. The molecule has 0 unspecified atom stereocenters. The Morgan fingerprint density at radius 1 is 0.935 bits per heavy atom. The molecule has 0 saturated heterocycles. The largest absolute Gasteiger partial charge is 0.345 e. The van der Waals surface area contributed by atoms with Crippen LogP contribution >= 0.6 is 0 Å². The number of nitrogens with one attached hydrogen (secondary N) is 1. The number of nitrogens with zero attached hydrogens (tertiary/aromatic N) is 4. The van der Waals surface area contributed by atoms with E-state index in [0.717, 1.165) is 33.8 Å². The van der Waals surface area contributed by atoms with E-state index < -0.39 is 0 Å². The highest BCUT2D eigenvalue weighted by atomic mass is 16.1. The predicted molar refractivity (Wildman–Crippen MR) is 121 cm³/mol. The van der Waals surface area contributed by atoms with Gasteiger partial charge in [0.2, 0.25) is 0 Å². The topological polar surface area (TPSA) is 64.7 Å². The third-order valence-corrected chi connectivity index (χ3v) is 5.35. The van der Waals surface area contributed by atoms with Crippen LogP contribution in [0.2, 0.25) is 0 Å². The molecule has 2 heterocycles. The molecule has 1 amide bonds. The standard InChI is InChI=1S/C25H21N5O/c1-29-23-13-6-5-12-21(23)28-24(29)17-26-25(31)19-10-7-11-20(16-19)30-22(14-15-27-30)18-8-3-2-4-9-18/h2-16H,17H2,1H3,(H,26,31). The number of amides is 1. The predicted octanol–water partition coefficient (Wildman–Crippen LogP) is 4.36. The fraction of sp³-hybridized carbons (Fsp3) is 0.0800. The van der Waals surface area contributed by atoms with Crippen molar-refractivity contribution in [2.75, 3.05) is 0 Å². The van der Waals surface area contributed by atoms with Gasteiger partial charge in [-0.3, -0.25) is 4.79 Å². The molecule has 0 radical (unpaired) electrons. The van der Waals surface area contributed by atoms with Gasteiger partial charge in [0.05, 0.1) is 35.2 Å². The van der Waals surface area contributed by atoms with Gasteiger partial charge in [-0.25, -0.2) is 9.67 Å². The molecule has 0 aliphatic rings. The van der Waals surface area contributed by atoms with E-state index in [4.69, 9.17) is 0 Å². The number of carbonyl (C=O) groups excluding carboxylic acids is 1. The Hall–Kier alpha value is -4.19. The summed E-state index contributed by atoms with van der Waals surface area (Å²) in [6, 6.07) is 27.4. The summed E-state index contributed by atoms with van der Waals surface area (Å²) >= 11 is 0. The SMILES string of the molecule is Cn1c(CNC(=O)c2cccc(-n3nccc3-c3ccccc3)c2)nc2ccccc21. The van der Waals surface area contributed by atoms with Crippen LogP contribution in [0.4, 0.5) is 0 Å². The molecule has 0 fully saturated rings. The summed E-state index contributed by atoms with van der Waals surface area (Å²) in [5.74, 6) is 0.659. The fourth-order valence-corrected chi connectivity index (χ4v) is 3.73. The van der Waals surface area contributed by atoms with Crippen molar-refractivity contribution in [1.82, 2.24) is 24.6 Å². The first-order chi connectivity index (χ1) is 15.2. The maximum Gasteiger partial charge on any atom is 0.251 e. The molecule has 0 aliphatic carbocycles. The van der Waals surface area contributed by atoms with Gasteiger partial charge in [0.1, 0.15) is 5.82 Å². The van der Waals surface area contributed by atoms with Crippen LogP contribution in [-0.4, -0.2) is 25.2 Å². The van der Waals surface area contributed by atoms with Crippen LogP contribution in [-0.2, 0) is 13.6 Å². The van der Waals surface area contributed by atoms with Gasteiger partial charge in [0.25, 0.3) is 5.91 Å². The summed E-state index contributed by atoms with van der Waals surface area (Å²) in [5, 5.41) is 7.45. The highest BCUT2D eigenvalue weighted by molar-refractivity contribution is 5.94. The lowest BCUT2D eigenvalue weighted by molar-refractivity contribution is 0.0949. The van der Waals surface area contributed by atoms with Gasteiger partial charge >= 0.3 is 0 Å². The molecule has 5 aromatic rings. The summed E-state index contributed by atoms with van der Waals surface area (Å²) in [6.07, 6.45) is 1.76. The Balaban J connectivity index is 1.38. The van der Waals surface area contributed by atoms with Crippen LogP contribution in [0.5, 0.6) is 0 Å². The number of benzene rings is 3. The Morgan fingerprint density at radius 2 is 1.74 bits per heavy atom. The number of hydrogen-bond donors (Lipinski definition) is 1. The molecule has 2 aromatic heterocycles. The Morgan fingerprint density at radius 3 is 2.58 bits per heavy atom. The molecule has 0 aliphatic heterocycles. The van der Waals surface area contributed by atoms with Crippen molar-refractivity contribution >= 4 is 16.9 Å². The average molecular weight is 407 g/mol. The van der Waals surface area contributed by atoms with Gasteiger partial charge in [0, 0.05) is 18.2 Å². The second kappa shape index (κ2) is 7.91. The number of carbonyl (C=O) groups is 1. The molecule has 3 aromatic carbocycles. The number of aromatic nitrogens is 4. The lowest BCUT2D eigenvalue weighted by Gasteiger charge is -2.10. The van der Waals surface area contributed by atoms with Gasteiger partial charge in [-0.1, -0.05) is 48.5 Å². The number of aryl methyl sites for hydroxylation is 1. The first kappa shape index (κ1) is 18.8. The van der Waals surface area contributed by atoms with Crippen molar-refractivity contribution in [2.24, 2.45) is 7.05 Å². The van der Waals surface area contributed by atoms with Crippen molar-refractivity contribution in [1.29, 1.82) is 0 Å². The van der Waals surface area contributed by atoms with E-state index >= 15 is 0 Å².